The Morgan fingerprint density at radius 1 is 1.26 bits per heavy atom. The maximum Gasteiger partial charge on any atom is 0.148 e. The summed E-state index contributed by atoms with van der Waals surface area (Å²) in [7, 11) is 0. The molecule has 2 aromatic carbocycles. The summed E-state index contributed by atoms with van der Waals surface area (Å²) in [6.07, 6.45) is 3.10. The summed E-state index contributed by atoms with van der Waals surface area (Å²) in [5.74, 6) is -0.350. The Hall–Kier alpha value is -2.35. The van der Waals surface area contributed by atoms with Crippen LogP contribution in [0.25, 0.3) is 16.6 Å². The zero-order valence-electron chi connectivity index (χ0n) is 14.9. The Labute approximate surface area is 156 Å². The first-order valence-corrected chi connectivity index (χ1v) is 9.05. The first-order chi connectivity index (χ1) is 13.1. The maximum absolute atomic E-state index is 15.1. The van der Waals surface area contributed by atoms with Crippen molar-refractivity contribution in [1.82, 2.24) is 15.1 Å². The maximum atomic E-state index is 15.1. The normalized spacial score (nSPS) is 20.3. The fourth-order valence-electron chi connectivity index (χ4n) is 3.61. The predicted octanol–water partition coefficient (Wildman–Crippen LogP) is 3.15. The van der Waals surface area contributed by atoms with Crippen LogP contribution in [0.5, 0.6) is 0 Å². The standard InChI is InChI=1S/C20H22F2N4O/c21-17-8-14-10-26(25-19(14)15(9-17)11-27-13-23)18-4-2-16(3-5-18)20(22)6-1-7-24-12-20/h2-5,8-10,24H,1,6-7,11-13,23H2. The van der Waals surface area contributed by atoms with Crippen molar-refractivity contribution in [1.29, 1.82) is 0 Å². The molecule has 0 saturated carbocycles. The molecule has 4 rings (SSSR count). The quantitative estimate of drug-likeness (QED) is 0.676. The van der Waals surface area contributed by atoms with Gasteiger partial charge in [-0.2, -0.15) is 5.10 Å². The minimum absolute atomic E-state index is 0.0556. The van der Waals surface area contributed by atoms with Gasteiger partial charge in [-0.15, -0.1) is 0 Å². The Bertz CT molecular complexity index is 933. The average Bonchev–Trinajstić information content (AvgIpc) is 3.11. The summed E-state index contributed by atoms with van der Waals surface area (Å²) < 4.78 is 35.8. The van der Waals surface area contributed by atoms with Crippen molar-refractivity contribution in [2.75, 3.05) is 19.8 Å². The fraction of sp³-hybridized carbons (Fsp3) is 0.350. The molecule has 5 nitrogen and oxygen atoms in total. The monoisotopic (exact) mass is 372 g/mol. The van der Waals surface area contributed by atoms with E-state index in [-0.39, 0.29) is 19.2 Å². The minimum atomic E-state index is -1.33. The molecule has 0 radical (unpaired) electrons. The largest absolute Gasteiger partial charge is 0.362 e. The van der Waals surface area contributed by atoms with Crippen LogP contribution in [0.1, 0.15) is 24.0 Å². The number of benzene rings is 2. The van der Waals surface area contributed by atoms with E-state index in [0.717, 1.165) is 18.7 Å². The molecular weight excluding hydrogens is 350 g/mol. The molecule has 3 N–H and O–H groups in total. The van der Waals surface area contributed by atoms with Gasteiger partial charge in [-0.1, -0.05) is 12.1 Å². The number of halogens is 2. The molecular formula is C20H22F2N4O. The number of rotatable bonds is 5. The van der Waals surface area contributed by atoms with Gasteiger partial charge in [0, 0.05) is 23.7 Å². The molecule has 1 aliphatic rings. The van der Waals surface area contributed by atoms with E-state index in [1.807, 2.05) is 12.1 Å². The highest BCUT2D eigenvalue weighted by Gasteiger charge is 2.33. The van der Waals surface area contributed by atoms with Gasteiger partial charge in [0.05, 0.1) is 24.5 Å². The van der Waals surface area contributed by atoms with Gasteiger partial charge in [0.2, 0.25) is 0 Å². The van der Waals surface area contributed by atoms with Crippen LogP contribution >= 0.6 is 0 Å². The van der Waals surface area contributed by atoms with Crippen LogP contribution in [0.15, 0.2) is 42.6 Å². The Morgan fingerprint density at radius 2 is 2.07 bits per heavy atom. The van der Waals surface area contributed by atoms with Crippen molar-refractivity contribution in [3.63, 3.8) is 0 Å². The number of alkyl halides is 1. The number of nitrogens with two attached hydrogens (primary N) is 1. The van der Waals surface area contributed by atoms with Crippen LogP contribution in [0.4, 0.5) is 8.78 Å². The van der Waals surface area contributed by atoms with Crippen LogP contribution < -0.4 is 11.1 Å². The molecule has 0 amide bonds. The first kappa shape index (κ1) is 18.0. The summed E-state index contributed by atoms with van der Waals surface area (Å²) in [4.78, 5) is 0. The van der Waals surface area contributed by atoms with E-state index >= 15 is 4.39 Å². The number of ether oxygens (including phenoxy) is 1. The van der Waals surface area contributed by atoms with E-state index in [1.54, 1.807) is 23.0 Å². The minimum Gasteiger partial charge on any atom is -0.362 e. The summed E-state index contributed by atoms with van der Waals surface area (Å²) in [6, 6.07) is 10.1. The predicted molar refractivity (Wildman–Crippen MR) is 99.8 cm³/mol. The molecule has 27 heavy (non-hydrogen) atoms. The van der Waals surface area contributed by atoms with Crippen LogP contribution in [0.2, 0.25) is 0 Å². The van der Waals surface area contributed by atoms with Crippen molar-refractivity contribution >= 4 is 10.9 Å². The van der Waals surface area contributed by atoms with Gasteiger partial charge >= 0.3 is 0 Å². The van der Waals surface area contributed by atoms with Crippen LogP contribution in [0.3, 0.4) is 0 Å². The Kier molecular flexibility index (Phi) is 4.90. The van der Waals surface area contributed by atoms with E-state index in [0.29, 0.717) is 35.0 Å². The molecule has 1 aromatic heterocycles. The molecule has 1 aliphatic heterocycles. The number of fused-ring (bicyclic) bond motifs is 1. The van der Waals surface area contributed by atoms with Gasteiger partial charge in [0.25, 0.3) is 0 Å². The lowest BCUT2D eigenvalue weighted by molar-refractivity contribution is 0.122. The Morgan fingerprint density at radius 3 is 2.78 bits per heavy atom. The van der Waals surface area contributed by atoms with Crippen molar-refractivity contribution in [2.45, 2.75) is 25.1 Å². The van der Waals surface area contributed by atoms with Gasteiger partial charge in [-0.05, 0) is 49.2 Å². The second-order valence-electron chi connectivity index (χ2n) is 6.88. The summed E-state index contributed by atoms with van der Waals surface area (Å²) in [6.45, 7) is 1.44. The van der Waals surface area contributed by atoms with Crippen LogP contribution in [0, 0.1) is 5.82 Å². The van der Waals surface area contributed by atoms with Crippen molar-refractivity contribution in [3.8, 4) is 5.69 Å². The van der Waals surface area contributed by atoms with Crippen LogP contribution in [-0.2, 0) is 17.0 Å². The third-order valence-electron chi connectivity index (χ3n) is 5.01. The molecule has 1 saturated heterocycles. The highest BCUT2D eigenvalue weighted by atomic mass is 19.1. The van der Waals surface area contributed by atoms with E-state index in [4.69, 9.17) is 10.5 Å². The first-order valence-electron chi connectivity index (χ1n) is 9.05. The molecule has 1 unspecified atom stereocenters. The van der Waals surface area contributed by atoms with Gasteiger partial charge in [-0.25, -0.2) is 13.5 Å². The molecule has 7 heteroatoms. The average molecular weight is 372 g/mol. The van der Waals surface area contributed by atoms with E-state index in [2.05, 4.69) is 10.4 Å². The topological polar surface area (TPSA) is 65.1 Å². The second kappa shape index (κ2) is 7.34. The highest BCUT2D eigenvalue weighted by molar-refractivity contribution is 5.82. The van der Waals surface area contributed by atoms with E-state index < -0.39 is 5.67 Å². The van der Waals surface area contributed by atoms with E-state index in [1.165, 1.54) is 12.1 Å². The van der Waals surface area contributed by atoms with Gasteiger partial charge in [0.15, 0.2) is 0 Å². The van der Waals surface area contributed by atoms with Crippen molar-refractivity contribution < 1.29 is 13.5 Å². The molecule has 1 fully saturated rings. The van der Waals surface area contributed by atoms with Gasteiger partial charge < -0.3 is 15.8 Å². The lowest BCUT2D eigenvalue weighted by atomic mass is 9.88. The second-order valence-corrected chi connectivity index (χ2v) is 6.88. The molecule has 0 bridgehead atoms. The molecule has 0 aliphatic carbocycles. The van der Waals surface area contributed by atoms with Gasteiger partial charge in [-0.3, -0.25) is 0 Å². The van der Waals surface area contributed by atoms with Crippen molar-refractivity contribution in [3.05, 3.63) is 59.5 Å². The molecule has 142 valence electrons. The lowest BCUT2D eigenvalue weighted by Crippen LogP contribution is -2.40. The fourth-order valence-corrected chi connectivity index (χ4v) is 3.61. The number of hydrogen-bond donors (Lipinski definition) is 2. The number of aromatic nitrogens is 2. The molecule has 3 aromatic rings. The summed E-state index contributed by atoms with van der Waals surface area (Å²) in [5.41, 5.74) is 6.78. The molecule has 0 spiro atoms. The smallest absolute Gasteiger partial charge is 0.148 e. The third kappa shape index (κ3) is 3.58. The zero-order valence-corrected chi connectivity index (χ0v) is 14.9. The summed E-state index contributed by atoms with van der Waals surface area (Å²) >= 11 is 0. The molecule has 1 atom stereocenters. The number of nitrogens with zero attached hydrogens (tertiary/aromatic N) is 2. The van der Waals surface area contributed by atoms with Gasteiger partial charge in [0.1, 0.15) is 11.5 Å². The Balaban J connectivity index is 1.66. The molecule has 2 heterocycles. The number of hydrogen-bond acceptors (Lipinski definition) is 4. The SMILES string of the molecule is NCOCc1cc(F)cc2cn(-c3ccc(C4(F)CCCNC4)cc3)nc12. The third-order valence-corrected chi connectivity index (χ3v) is 5.01. The highest BCUT2D eigenvalue weighted by Crippen LogP contribution is 2.33. The van der Waals surface area contributed by atoms with Crippen LogP contribution in [-0.4, -0.2) is 29.6 Å². The lowest BCUT2D eigenvalue weighted by Gasteiger charge is -2.30. The summed E-state index contributed by atoms with van der Waals surface area (Å²) in [5, 5.41) is 8.35. The van der Waals surface area contributed by atoms with Crippen molar-refractivity contribution in [2.24, 2.45) is 5.73 Å². The number of nitrogens with one attached hydrogen (secondary N) is 1. The van der Waals surface area contributed by atoms with E-state index in [9.17, 15) is 4.39 Å². The zero-order chi connectivity index (χ0) is 18.9. The number of piperidine rings is 1.